The summed E-state index contributed by atoms with van der Waals surface area (Å²) in [5.74, 6) is 0.900. The fourth-order valence-corrected chi connectivity index (χ4v) is 2.88. The van der Waals surface area contributed by atoms with Crippen molar-refractivity contribution >= 4 is 10.8 Å². The van der Waals surface area contributed by atoms with E-state index in [9.17, 15) is 0 Å². The molecule has 1 aliphatic heterocycles. The van der Waals surface area contributed by atoms with E-state index in [0.29, 0.717) is 6.10 Å². The molecule has 0 bridgehead atoms. The van der Waals surface area contributed by atoms with Crippen molar-refractivity contribution in [3.63, 3.8) is 0 Å². The summed E-state index contributed by atoms with van der Waals surface area (Å²) < 4.78 is 11.0. The molecule has 0 amide bonds. The Bertz CT molecular complexity index is 630. The fraction of sp³-hybridized carbons (Fsp3) is 0.444. The van der Waals surface area contributed by atoms with Gasteiger partial charge in [0.05, 0.1) is 19.8 Å². The predicted molar refractivity (Wildman–Crippen MR) is 89.4 cm³/mol. The summed E-state index contributed by atoms with van der Waals surface area (Å²) >= 11 is 0. The lowest BCUT2D eigenvalue weighted by Crippen LogP contribution is -2.44. The van der Waals surface area contributed by atoms with Crippen LogP contribution in [0.15, 0.2) is 36.4 Å². The van der Waals surface area contributed by atoms with Gasteiger partial charge in [-0.15, -0.1) is 0 Å². The summed E-state index contributed by atoms with van der Waals surface area (Å²) in [5, 5.41) is 5.96. The number of methoxy groups -OCH3 is 1. The average Bonchev–Trinajstić information content (AvgIpc) is 2.54. The van der Waals surface area contributed by atoms with E-state index in [4.69, 9.17) is 9.47 Å². The molecule has 2 aromatic carbocycles. The first kappa shape index (κ1) is 15.3. The first-order valence-electron chi connectivity index (χ1n) is 7.82. The molecule has 0 radical (unpaired) electrons. The van der Waals surface area contributed by atoms with Crippen molar-refractivity contribution < 1.29 is 9.47 Å². The van der Waals surface area contributed by atoms with Crippen LogP contribution in [0, 0.1) is 0 Å². The highest BCUT2D eigenvalue weighted by molar-refractivity contribution is 5.84. The van der Waals surface area contributed by atoms with Crippen LogP contribution < -0.4 is 10.1 Å². The molecule has 1 aliphatic rings. The SMILES string of the molecule is COc1ccc2cc(CNC[C@H]3CN(C)CCO3)ccc2c1. The van der Waals surface area contributed by atoms with Crippen molar-refractivity contribution in [3.8, 4) is 5.75 Å². The molecule has 0 saturated carbocycles. The number of morpholine rings is 1. The third-order valence-electron chi connectivity index (χ3n) is 4.15. The Kier molecular flexibility index (Phi) is 4.93. The number of rotatable bonds is 5. The van der Waals surface area contributed by atoms with Gasteiger partial charge in [-0.25, -0.2) is 0 Å². The lowest BCUT2D eigenvalue weighted by molar-refractivity contribution is -0.0182. The number of fused-ring (bicyclic) bond motifs is 1. The molecule has 4 heteroatoms. The number of hydrogen-bond acceptors (Lipinski definition) is 4. The minimum absolute atomic E-state index is 0.295. The van der Waals surface area contributed by atoms with E-state index in [0.717, 1.165) is 38.5 Å². The molecule has 3 rings (SSSR count). The lowest BCUT2D eigenvalue weighted by Gasteiger charge is -2.30. The molecular formula is C18H24N2O2. The van der Waals surface area contributed by atoms with Gasteiger partial charge in [0.25, 0.3) is 0 Å². The van der Waals surface area contributed by atoms with Crippen LogP contribution in [-0.2, 0) is 11.3 Å². The number of hydrogen-bond donors (Lipinski definition) is 1. The van der Waals surface area contributed by atoms with Gasteiger partial charge < -0.3 is 19.7 Å². The molecule has 1 heterocycles. The number of nitrogens with zero attached hydrogens (tertiary/aromatic N) is 1. The third-order valence-corrected chi connectivity index (χ3v) is 4.15. The normalized spacial score (nSPS) is 19.5. The van der Waals surface area contributed by atoms with Crippen molar-refractivity contribution in [2.24, 2.45) is 0 Å². The highest BCUT2D eigenvalue weighted by Crippen LogP contribution is 2.21. The quantitative estimate of drug-likeness (QED) is 0.918. The van der Waals surface area contributed by atoms with E-state index < -0.39 is 0 Å². The summed E-state index contributed by atoms with van der Waals surface area (Å²) in [7, 11) is 3.84. The summed E-state index contributed by atoms with van der Waals surface area (Å²) in [6.07, 6.45) is 0.295. The van der Waals surface area contributed by atoms with Gasteiger partial charge in [-0.2, -0.15) is 0 Å². The zero-order chi connectivity index (χ0) is 15.4. The Balaban J connectivity index is 1.57. The Morgan fingerprint density at radius 2 is 2.05 bits per heavy atom. The minimum atomic E-state index is 0.295. The molecule has 1 N–H and O–H groups in total. The largest absolute Gasteiger partial charge is 0.497 e. The van der Waals surface area contributed by atoms with Gasteiger partial charge in [0.1, 0.15) is 5.75 Å². The first-order chi connectivity index (χ1) is 10.7. The second-order valence-corrected chi connectivity index (χ2v) is 5.93. The monoisotopic (exact) mass is 300 g/mol. The Labute approximate surface area is 132 Å². The van der Waals surface area contributed by atoms with Crippen molar-refractivity contribution in [1.29, 1.82) is 0 Å². The van der Waals surface area contributed by atoms with E-state index in [1.54, 1.807) is 7.11 Å². The zero-order valence-corrected chi connectivity index (χ0v) is 13.3. The van der Waals surface area contributed by atoms with Gasteiger partial charge in [-0.1, -0.05) is 18.2 Å². The molecule has 0 aliphatic carbocycles. The van der Waals surface area contributed by atoms with Gasteiger partial charge >= 0.3 is 0 Å². The van der Waals surface area contributed by atoms with Crippen LogP contribution in [0.1, 0.15) is 5.56 Å². The van der Waals surface area contributed by atoms with Gasteiger partial charge in [0.2, 0.25) is 0 Å². The average molecular weight is 300 g/mol. The Morgan fingerprint density at radius 3 is 2.86 bits per heavy atom. The van der Waals surface area contributed by atoms with Gasteiger partial charge in [-0.3, -0.25) is 0 Å². The van der Waals surface area contributed by atoms with Crippen molar-refractivity contribution in [2.75, 3.05) is 40.4 Å². The maximum Gasteiger partial charge on any atom is 0.119 e. The van der Waals surface area contributed by atoms with Crippen LogP contribution in [0.25, 0.3) is 10.8 Å². The molecule has 118 valence electrons. The Morgan fingerprint density at radius 1 is 1.23 bits per heavy atom. The second kappa shape index (κ2) is 7.09. The van der Waals surface area contributed by atoms with Crippen molar-refractivity contribution in [2.45, 2.75) is 12.6 Å². The number of benzene rings is 2. The molecule has 22 heavy (non-hydrogen) atoms. The second-order valence-electron chi connectivity index (χ2n) is 5.93. The lowest BCUT2D eigenvalue weighted by atomic mass is 10.1. The highest BCUT2D eigenvalue weighted by atomic mass is 16.5. The van der Waals surface area contributed by atoms with Crippen molar-refractivity contribution in [3.05, 3.63) is 42.0 Å². The van der Waals surface area contributed by atoms with E-state index in [-0.39, 0.29) is 0 Å². The van der Waals surface area contributed by atoms with E-state index in [1.165, 1.54) is 16.3 Å². The Hall–Kier alpha value is -1.62. The van der Waals surface area contributed by atoms with Crippen LogP contribution in [0.2, 0.25) is 0 Å². The summed E-state index contributed by atoms with van der Waals surface area (Å²) in [6, 6.07) is 12.7. The van der Waals surface area contributed by atoms with Crippen LogP contribution in [0.3, 0.4) is 0 Å². The predicted octanol–water partition coefficient (Wildman–Crippen LogP) is 2.27. The van der Waals surface area contributed by atoms with Crippen LogP contribution in [-0.4, -0.2) is 51.4 Å². The molecular weight excluding hydrogens is 276 g/mol. The first-order valence-corrected chi connectivity index (χ1v) is 7.82. The highest BCUT2D eigenvalue weighted by Gasteiger charge is 2.16. The van der Waals surface area contributed by atoms with Crippen molar-refractivity contribution in [1.82, 2.24) is 10.2 Å². The van der Waals surface area contributed by atoms with Gasteiger partial charge in [0, 0.05) is 26.2 Å². The maximum absolute atomic E-state index is 5.76. The van der Waals surface area contributed by atoms with Crippen LogP contribution >= 0.6 is 0 Å². The number of ether oxygens (including phenoxy) is 2. The van der Waals surface area contributed by atoms with Crippen LogP contribution in [0.5, 0.6) is 5.75 Å². The maximum atomic E-state index is 5.76. The molecule has 0 unspecified atom stereocenters. The van der Waals surface area contributed by atoms with E-state index in [2.05, 4.69) is 47.6 Å². The van der Waals surface area contributed by atoms with E-state index in [1.807, 2.05) is 6.07 Å². The topological polar surface area (TPSA) is 33.7 Å². The number of likely N-dealkylation sites (N-methyl/N-ethyl adjacent to an activating group) is 1. The third kappa shape index (κ3) is 3.77. The van der Waals surface area contributed by atoms with E-state index >= 15 is 0 Å². The molecule has 0 aromatic heterocycles. The molecule has 2 aromatic rings. The molecule has 1 atom stereocenters. The van der Waals surface area contributed by atoms with Gasteiger partial charge in [-0.05, 0) is 41.6 Å². The van der Waals surface area contributed by atoms with Crippen LogP contribution in [0.4, 0.5) is 0 Å². The zero-order valence-electron chi connectivity index (χ0n) is 13.3. The summed E-state index contributed by atoms with van der Waals surface area (Å²) in [6.45, 7) is 4.63. The smallest absolute Gasteiger partial charge is 0.119 e. The van der Waals surface area contributed by atoms with Gasteiger partial charge in [0.15, 0.2) is 0 Å². The molecule has 1 saturated heterocycles. The fourth-order valence-electron chi connectivity index (χ4n) is 2.88. The molecule has 1 fully saturated rings. The number of nitrogens with one attached hydrogen (secondary N) is 1. The summed E-state index contributed by atoms with van der Waals surface area (Å²) in [4.78, 5) is 2.32. The standard InChI is InChI=1S/C18H24N2O2/c1-20-7-8-22-18(13-20)12-19-11-14-3-4-16-10-17(21-2)6-5-15(16)9-14/h3-6,9-10,18-19H,7-8,11-13H2,1-2H3/t18-/m0/s1. The molecule has 4 nitrogen and oxygen atoms in total. The molecule has 0 spiro atoms. The summed E-state index contributed by atoms with van der Waals surface area (Å²) in [5.41, 5.74) is 1.29. The minimum Gasteiger partial charge on any atom is -0.497 e.